The third-order valence-electron chi connectivity index (χ3n) is 2.07. The molecule has 0 radical (unpaired) electrons. The van der Waals surface area contributed by atoms with Crippen molar-refractivity contribution < 1.29 is 9.90 Å². The Hall–Kier alpha value is -1.66. The molecule has 1 aromatic rings. The van der Waals surface area contributed by atoms with Crippen molar-refractivity contribution in [1.82, 2.24) is 0 Å². The molecule has 0 heterocycles. The summed E-state index contributed by atoms with van der Waals surface area (Å²) in [6.45, 7) is 1.21. The van der Waals surface area contributed by atoms with Crippen LogP contribution in [0.5, 0.6) is 0 Å². The Morgan fingerprint density at radius 1 is 1.50 bits per heavy atom. The first kappa shape index (κ1) is 10.4. The summed E-state index contributed by atoms with van der Waals surface area (Å²) in [6.07, 6.45) is 0.0413. The van der Waals surface area contributed by atoms with E-state index in [-0.39, 0.29) is 6.42 Å². The number of carbonyl (C=O) groups is 1. The summed E-state index contributed by atoms with van der Waals surface area (Å²) >= 11 is 0. The number of nitrogens with zero attached hydrogens (tertiary/aromatic N) is 1. The molecule has 3 heteroatoms. The highest BCUT2D eigenvalue weighted by Crippen LogP contribution is 2.13. The molecule has 1 rings (SSSR count). The predicted octanol–water partition coefficient (Wildman–Crippen LogP) is 1.07. The molecule has 1 unspecified atom stereocenters. The van der Waals surface area contributed by atoms with Gasteiger partial charge in [-0.1, -0.05) is 30.3 Å². The lowest BCUT2D eigenvalue weighted by Gasteiger charge is -2.16. The first-order valence-corrected chi connectivity index (χ1v) is 4.27. The Kier molecular flexibility index (Phi) is 3.00. The highest BCUT2D eigenvalue weighted by atomic mass is 16.3. The molecule has 0 saturated heterocycles. The van der Waals surface area contributed by atoms with E-state index in [1.54, 1.807) is 30.3 Å². The molecule has 0 amide bonds. The van der Waals surface area contributed by atoms with Crippen LogP contribution in [0.3, 0.4) is 0 Å². The van der Waals surface area contributed by atoms with Gasteiger partial charge < -0.3 is 5.11 Å². The van der Waals surface area contributed by atoms with E-state index in [4.69, 9.17) is 5.26 Å². The fourth-order valence-corrected chi connectivity index (χ4v) is 1.13. The van der Waals surface area contributed by atoms with Crippen LogP contribution in [-0.4, -0.2) is 16.5 Å². The number of benzene rings is 1. The summed E-state index contributed by atoms with van der Waals surface area (Å²) in [7, 11) is 0. The van der Waals surface area contributed by atoms with E-state index in [9.17, 15) is 9.90 Å². The van der Waals surface area contributed by atoms with Gasteiger partial charge in [0.2, 0.25) is 5.60 Å². The van der Waals surface area contributed by atoms with Crippen LogP contribution in [-0.2, 0) is 11.2 Å². The minimum atomic E-state index is -1.89. The van der Waals surface area contributed by atoms with E-state index in [1.165, 1.54) is 6.92 Å². The molecular formula is C11H11NO2. The normalized spacial score (nSPS) is 14.1. The number of hydrogen-bond acceptors (Lipinski definition) is 3. The monoisotopic (exact) mass is 189 g/mol. The number of nitriles is 1. The molecule has 0 aliphatic carbocycles. The lowest BCUT2D eigenvalue weighted by molar-refractivity contribution is -0.129. The van der Waals surface area contributed by atoms with Crippen LogP contribution in [0.4, 0.5) is 0 Å². The number of rotatable bonds is 3. The summed E-state index contributed by atoms with van der Waals surface area (Å²) < 4.78 is 0. The molecule has 0 aromatic heterocycles. The third kappa shape index (κ3) is 2.18. The summed E-state index contributed by atoms with van der Waals surface area (Å²) in [5.41, 5.74) is -1.12. The Morgan fingerprint density at radius 2 is 2.07 bits per heavy atom. The average molecular weight is 189 g/mol. The van der Waals surface area contributed by atoms with Gasteiger partial charge in [0.05, 0.1) is 0 Å². The number of aliphatic hydroxyl groups is 1. The van der Waals surface area contributed by atoms with E-state index in [0.717, 1.165) is 5.56 Å². The summed E-state index contributed by atoms with van der Waals surface area (Å²) in [4.78, 5) is 11.0. The molecule has 1 N–H and O–H groups in total. The van der Waals surface area contributed by atoms with E-state index < -0.39 is 11.4 Å². The van der Waals surface area contributed by atoms with Gasteiger partial charge in [-0.05, 0) is 12.5 Å². The number of hydrogen-bond donors (Lipinski definition) is 1. The number of ketones is 1. The molecule has 1 atom stereocenters. The lowest BCUT2D eigenvalue weighted by atomic mass is 9.92. The molecular weight excluding hydrogens is 178 g/mol. The smallest absolute Gasteiger partial charge is 0.213 e. The number of carbonyl (C=O) groups excluding carboxylic acids is 1. The van der Waals surface area contributed by atoms with E-state index in [0.29, 0.717) is 0 Å². The topological polar surface area (TPSA) is 61.1 Å². The zero-order valence-corrected chi connectivity index (χ0v) is 7.90. The molecule has 14 heavy (non-hydrogen) atoms. The Labute approximate surface area is 82.6 Å². The van der Waals surface area contributed by atoms with Gasteiger partial charge in [0.25, 0.3) is 0 Å². The van der Waals surface area contributed by atoms with Gasteiger partial charge in [-0.2, -0.15) is 5.26 Å². The Bertz CT molecular complexity index is 367. The van der Waals surface area contributed by atoms with Gasteiger partial charge in [-0.15, -0.1) is 0 Å². The Morgan fingerprint density at radius 3 is 2.50 bits per heavy atom. The van der Waals surface area contributed by atoms with Crippen molar-refractivity contribution in [2.75, 3.05) is 0 Å². The maximum atomic E-state index is 11.0. The Balaban J connectivity index is 2.88. The standard InChI is InChI=1S/C11H11NO2/c1-9(13)11(14,8-12)7-10-5-3-2-4-6-10/h2-6,14H,7H2,1H3. The van der Waals surface area contributed by atoms with Crippen LogP contribution in [0.2, 0.25) is 0 Å². The summed E-state index contributed by atoms with van der Waals surface area (Å²) in [5.74, 6) is -0.524. The highest BCUT2D eigenvalue weighted by molar-refractivity contribution is 5.88. The van der Waals surface area contributed by atoms with E-state index >= 15 is 0 Å². The second-order valence-corrected chi connectivity index (χ2v) is 3.19. The van der Waals surface area contributed by atoms with Gasteiger partial charge >= 0.3 is 0 Å². The van der Waals surface area contributed by atoms with Crippen LogP contribution in [0.1, 0.15) is 12.5 Å². The molecule has 72 valence electrons. The average Bonchev–Trinajstić information content (AvgIpc) is 2.19. The maximum Gasteiger partial charge on any atom is 0.213 e. The van der Waals surface area contributed by atoms with Gasteiger partial charge in [-0.25, -0.2) is 0 Å². The molecule has 0 bridgehead atoms. The minimum absolute atomic E-state index is 0.0413. The van der Waals surface area contributed by atoms with Crippen LogP contribution < -0.4 is 0 Å². The fraction of sp³-hybridized carbons (Fsp3) is 0.273. The van der Waals surface area contributed by atoms with Crippen molar-refractivity contribution in [3.05, 3.63) is 35.9 Å². The van der Waals surface area contributed by atoms with Gasteiger partial charge in [0, 0.05) is 6.42 Å². The van der Waals surface area contributed by atoms with Crippen LogP contribution in [0.25, 0.3) is 0 Å². The van der Waals surface area contributed by atoms with Gasteiger partial charge in [0.1, 0.15) is 6.07 Å². The van der Waals surface area contributed by atoms with Crippen molar-refractivity contribution in [2.45, 2.75) is 18.9 Å². The van der Waals surface area contributed by atoms with Crippen molar-refractivity contribution in [3.63, 3.8) is 0 Å². The highest BCUT2D eigenvalue weighted by Gasteiger charge is 2.32. The van der Waals surface area contributed by atoms with E-state index in [1.807, 2.05) is 6.07 Å². The number of Topliss-reactive ketones (excluding diaryl/α,β-unsaturated/α-hetero) is 1. The van der Waals surface area contributed by atoms with Crippen LogP contribution >= 0.6 is 0 Å². The molecule has 0 fully saturated rings. The van der Waals surface area contributed by atoms with E-state index in [2.05, 4.69) is 0 Å². The van der Waals surface area contributed by atoms with Crippen molar-refractivity contribution >= 4 is 5.78 Å². The molecule has 0 aliphatic rings. The first-order chi connectivity index (χ1) is 6.58. The fourth-order valence-electron chi connectivity index (χ4n) is 1.13. The maximum absolute atomic E-state index is 11.0. The summed E-state index contributed by atoms with van der Waals surface area (Å²) in [6, 6.07) is 10.6. The second kappa shape index (κ2) is 4.03. The largest absolute Gasteiger partial charge is 0.369 e. The SMILES string of the molecule is CC(=O)C(O)(C#N)Cc1ccccc1. The lowest BCUT2D eigenvalue weighted by Crippen LogP contribution is -2.37. The van der Waals surface area contributed by atoms with Crippen molar-refractivity contribution in [3.8, 4) is 6.07 Å². The predicted molar refractivity (Wildman–Crippen MR) is 51.4 cm³/mol. The zero-order chi connectivity index (χ0) is 10.6. The van der Waals surface area contributed by atoms with Crippen LogP contribution in [0, 0.1) is 11.3 Å². The molecule has 0 spiro atoms. The summed E-state index contributed by atoms with van der Waals surface area (Å²) in [5, 5.41) is 18.3. The van der Waals surface area contributed by atoms with Gasteiger partial charge in [0.15, 0.2) is 5.78 Å². The van der Waals surface area contributed by atoms with Crippen LogP contribution in [0.15, 0.2) is 30.3 Å². The second-order valence-electron chi connectivity index (χ2n) is 3.19. The molecule has 3 nitrogen and oxygen atoms in total. The first-order valence-electron chi connectivity index (χ1n) is 4.27. The molecule has 0 aliphatic heterocycles. The molecule has 1 aromatic carbocycles. The van der Waals surface area contributed by atoms with Crippen molar-refractivity contribution in [2.24, 2.45) is 0 Å². The minimum Gasteiger partial charge on any atom is -0.369 e. The third-order valence-corrected chi connectivity index (χ3v) is 2.07. The van der Waals surface area contributed by atoms with Crippen molar-refractivity contribution in [1.29, 1.82) is 5.26 Å². The zero-order valence-electron chi connectivity index (χ0n) is 7.90. The van der Waals surface area contributed by atoms with Gasteiger partial charge in [-0.3, -0.25) is 4.79 Å². The quantitative estimate of drug-likeness (QED) is 0.723. The molecule has 0 saturated carbocycles.